The molecule has 0 radical (unpaired) electrons. The quantitative estimate of drug-likeness (QED) is 0.755. The minimum atomic E-state index is -4.76. The van der Waals surface area contributed by atoms with Crippen LogP contribution in [0.25, 0.3) is 0 Å². The third-order valence-electron chi connectivity index (χ3n) is 2.31. The Bertz CT molecular complexity index is 531. The number of nitrogens with one attached hydrogen (secondary N) is 2. The highest BCUT2D eigenvalue weighted by molar-refractivity contribution is 7.89. The summed E-state index contributed by atoms with van der Waals surface area (Å²) in [6, 6.07) is 5.47. The van der Waals surface area contributed by atoms with Gasteiger partial charge in [0.05, 0.1) is 5.69 Å². The zero-order chi connectivity index (χ0) is 14.7. The van der Waals surface area contributed by atoms with Gasteiger partial charge in [-0.05, 0) is 19.2 Å². The molecule has 0 aliphatic heterocycles. The maximum atomic E-state index is 12.1. The van der Waals surface area contributed by atoms with E-state index in [0.717, 1.165) is 0 Å². The first-order valence-corrected chi connectivity index (χ1v) is 6.68. The lowest BCUT2D eigenvalue weighted by atomic mass is 10.3. The molecule has 0 saturated carbocycles. The predicted molar refractivity (Wildman–Crippen MR) is 63.2 cm³/mol. The van der Waals surface area contributed by atoms with Crippen LogP contribution in [0.4, 0.5) is 18.9 Å². The van der Waals surface area contributed by atoms with Gasteiger partial charge in [-0.1, -0.05) is 12.1 Å². The van der Waals surface area contributed by atoms with Crippen LogP contribution >= 0.6 is 0 Å². The van der Waals surface area contributed by atoms with Crippen LogP contribution in [-0.4, -0.2) is 39.4 Å². The van der Waals surface area contributed by atoms with E-state index in [2.05, 4.69) is 10.0 Å². The Hall–Kier alpha value is -1.32. The lowest BCUT2D eigenvalue weighted by Gasteiger charge is -2.17. The highest BCUT2D eigenvalue weighted by Crippen LogP contribution is 2.23. The standard InChI is InChI=1S/C10H13F3N2O3S/c1-14-19(17,18)8-5-3-2-4-7(8)15-6-9(16)10(11,12)13/h2-5,9,14-16H,6H2,1H3. The van der Waals surface area contributed by atoms with Gasteiger partial charge in [-0.2, -0.15) is 13.2 Å². The first-order valence-electron chi connectivity index (χ1n) is 5.19. The van der Waals surface area contributed by atoms with Crippen molar-refractivity contribution in [3.8, 4) is 0 Å². The Morgan fingerprint density at radius 2 is 1.89 bits per heavy atom. The lowest BCUT2D eigenvalue weighted by molar-refractivity contribution is -0.198. The Morgan fingerprint density at radius 1 is 1.32 bits per heavy atom. The molecule has 3 N–H and O–H groups in total. The normalized spacial score (nSPS) is 14.2. The number of benzene rings is 1. The van der Waals surface area contributed by atoms with Crippen molar-refractivity contribution in [3.63, 3.8) is 0 Å². The second kappa shape index (κ2) is 5.76. The summed E-state index contributed by atoms with van der Waals surface area (Å²) in [5.74, 6) is 0. The van der Waals surface area contributed by atoms with Gasteiger partial charge in [0.25, 0.3) is 0 Å². The van der Waals surface area contributed by atoms with Crippen LogP contribution in [0.1, 0.15) is 0 Å². The summed E-state index contributed by atoms with van der Waals surface area (Å²) in [6.07, 6.45) is -7.33. The van der Waals surface area contributed by atoms with E-state index >= 15 is 0 Å². The summed E-state index contributed by atoms with van der Waals surface area (Å²) in [7, 11) is -2.60. The van der Waals surface area contributed by atoms with Crippen molar-refractivity contribution < 1.29 is 26.7 Å². The molecule has 0 fully saturated rings. The van der Waals surface area contributed by atoms with Gasteiger partial charge in [-0.25, -0.2) is 13.1 Å². The molecule has 0 aromatic heterocycles. The van der Waals surface area contributed by atoms with Gasteiger partial charge < -0.3 is 10.4 Å². The molecule has 0 aliphatic carbocycles. The molecule has 0 heterocycles. The van der Waals surface area contributed by atoms with Crippen molar-refractivity contribution in [1.82, 2.24) is 4.72 Å². The maximum absolute atomic E-state index is 12.1. The molecular weight excluding hydrogens is 285 g/mol. The van der Waals surface area contributed by atoms with E-state index in [1.165, 1.54) is 31.3 Å². The van der Waals surface area contributed by atoms with Crippen molar-refractivity contribution in [2.24, 2.45) is 0 Å². The summed E-state index contributed by atoms with van der Waals surface area (Å²) in [5.41, 5.74) is -0.0137. The summed E-state index contributed by atoms with van der Waals surface area (Å²) < 4.78 is 61.7. The molecular formula is C10H13F3N2O3S. The second-order valence-corrected chi connectivity index (χ2v) is 5.50. The fraction of sp³-hybridized carbons (Fsp3) is 0.400. The Labute approximate surface area is 108 Å². The van der Waals surface area contributed by atoms with Gasteiger partial charge in [-0.15, -0.1) is 0 Å². The van der Waals surface area contributed by atoms with E-state index < -0.39 is 28.8 Å². The molecule has 0 aliphatic rings. The molecule has 1 aromatic rings. The summed E-state index contributed by atoms with van der Waals surface area (Å²) in [4.78, 5) is -0.188. The van der Waals surface area contributed by atoms with Crippen LogP contribution in [0.15, 0.2) is 29.2 Å². The number of para-hydroxylation sites is 1. The summed E-state index contributed by atoms with van der Waals surface area (Å²) in [5, 5.41) is 11.1. The number of aliphatic hydroxyl groups excluding tert-OH is 1. The number of hydrogen-bond acceptors (Lipinski definition) is 4. The van der Waals surface area contributed by atoms with Crippen LogP contribution in [-0.2, 0) is 10.0 Å². The largest absolute Gasteiger partial charge is 0.416 e. The molecule has 1 unspecified atom stereocenters. The van der Waals surface area contributed by atoms with Gasteiger partial charge in [0, 0.05) is 6.54 Å². The molecule has 1 aromatic carbocycles. The second-order valence-electron chi connectivity index (χ2n) is 3.64. The van der Waals surface area contributed by atoms with Crippen molar-refractivity contribution >= 4 is 15.7 Å². The Morgan fingerprint density at radius 3 is 2.42 bits per heavy atom. The molecule has 1 rings (SSSR count). The van der Waals surface area contributed by atoms with Crippen LogP contribution in [0.2, 0.25) is 0 Å². The topological polar surface area (TPSA) is 78.4 Å². The van der Waals surface area contributed by atoms with E-state index in [4.69, 9.17) is 5.11 Å². The molecule has 1 atom stereocenters. The highest BCUT2D eigenvalue weighted by Gasteiger charge is 2.38. The summed E-state index contributed by atoms with van der Waals surface area (Å²) in [6.45, 7) is -0.834. The highest BCUT2D eigenvalue weighted by atomic mass is 32.2. The number of aliphatic hydroxyl groups is 1. The number of sulfonamides is 1. The number of halogens is 3. The monoisotopic (exact) mass is 298 g/mol. The van der Waals surface area contributed by atoms with E-state index in [9.17, 15) is 21.6 Å². The van der Waals surface area contributed by atoms with Crippen LogP contribution in [0, 0.1) is 0 Å². The van der Waals surface area contributed by atoms with Crippen LogP contribution in [0.5, 0.6) is 0 Å². The molecule has 9 heteroatoms. The minimum absolute atomic E-state index is 0.0137. The van der Waals surface area contributed by atoms with Crippen molar-refractivity contribution in [2.45, 2.75) is 17.2 Å². The number of hydrogen-bond donors (Lipinski definition) is 3. The van der Waals surface area contributed by atoms with E-state index in [1.807, 2.05) is 0 Å². The van der Waals surface area contributed by atoms with Gasteiger partial charge in [0.2, 0.25) is 10.0 Å². The van der Waals surface area contributed by atoms with E-state index in [-0.39, 0.29) is 10.6 Å². The third kappa shape index (κ3) is 4.08. The van der Waals surface area contributed by atoms with Crippen LogP contribution in [0.3, 0.4) is 0 Å². The van der Waals surface area contributed by atoms with Gasteiger partial charge >= 0.3 is 6.18 Å². The molecule has 0 spiro atoms. The fourth-order valence-corrected chi connectivity index (χ4v) is 2.19. The fourth-order valence-electron chi connectivity index (χ4n) is 1.28. The minimum Gasteiger partial charge on any atom is -0.382 e. The molecule has 19 heavy (non-hydrogen) atoms. The van der Waals surface area contributed by atoms with Crippen LogP contribution < -0.4 is 10.0 Å². The average molecular weight is 298 g/mol. The molecule has 0 amide bonds. The third-order valence-corrected chi connectivity index (χ3v) is 3.78. The SMILES string of the molecule is CNS(=O)(=O)c1ccccc1NCC(O)C(F)(F)F. The maximum Gasteiger partial charge on any atom is 0.416 e. The van der Waals surface area contributed by atoms with Crippen molar-refractivity contribution in [2.75, 3.05) is 18.9 Å². The van der Waals surface area contributed by atoms with E-state index in [1.54, 1.807) is 0 Å². The summed E-state index contributed by atoms with van der Waals surface area (Å²) >= 11 is 0. The molecule has 0 saturated heterocycles. The van der Waals surface area contributed by atoms with Crippen molar-refractivity contribution in [3.05, 3.63) is 24.3 Å². The number of rotatable bonds is 5. The molecule has 108 valence electrons. The lowest BCUT2D eigenvalue weighted by Crippen LogP contribution is -2.35. The number of anilines is 1. The van der Waals surface area contributed by atoms with Gasteiger partial charge in [0.15, 0.2) is 6.10 Å². The zero-order valence-corrected chi connectivity index (χ0v) is 10.7. The smallest absolute Gasteiger partial charge is 0.382 e. The molecule has 0 bridgehead atoms. The Kier molecular flexibility index (Phi) is 4.77. The van der Waals surface area contributed by atoms with Gasteiger partial charge in [-0.3, -0.25) is 0 Å². The molecule has 5 nitrogen and oxygen atoms in total. The predicted octanol–water partition coefficient (Wildman–Crippen LogP) is 0.930. The first kappa shape index (κ1) is 15.7. The first-order chi connectivity index (χ1) is 8.68. The number of alkyl halides is 3. The van der Waals surface area contributed by atoms with Gasteiger partial charge in [0.1, 0.15) is 4.90 Å². The zero-order valence-electron chi connectivity index (χ0n) is 9.90. The Balaban J connectivity index is 2.92. The average Bonchev–Trinajstić information content (AvgIpc) is 2.35. The van der Waals surface area contributed by atoms with E-state index in [0.29, 0.717) is 0 Å². The van der Waals surface area contributed by atoms with Crippen molar-refractivity contribution in [1.29, 1.82) is 0 Å².